The van der Waals surface area contributed by atoms with Crippen molar-refractivity contribution in [1.29, 1.82) is 0 Å². The van der Waals surface area contributed by atoms with Gasteiger partial charge in [0.2, 0.25) is 0 Å². The largest absolute Gasteiger partial charge is 0.507 e. The number of ether oxygens (including phenoxy) is 1. The summed E-state index contributed by atoms with van der Waals surface area (Å²) in [4.78, 5) is 0. The molecule has 0 spiro atoms. The molecule has 2 aromatic carbocycles. The molecule has 0 aliphatic carbocycles. The molecule has 4 heteroatoms. The number of phenols is 1. The first-order valence-corrected chi connectivity index (χ1v) is 5.82. The van der Waals surface area contributed by atoms with Gasteiger partial charge in [-0.25, -0.2) is 0 Å². The molecule has 4 nitrogen and oxygen atoms in total. The monoisotopic (exact) mass is 257 g/mol. The lowest BCUT2D eigenvalue weighted by atomic mass is 10.0. The Morgan fingerprint density at radius 1 is 1.11 bits per heavy atom. The van der Waals surface area contributed by atoms with E-state index in [-0.39, 0.29) is 5.75 Å². The molecular formula is C15H15NO3. The second kappa shape index (κ2) is 5.44. The molecule has 0 bridgehead atoms. The van der Waals surface area contributed by atoms with Gasteiger partial charge in [0.15, 0.2) is 0 Å². The van der Waals surface area contributed by atoms with E-state index in [1.807, 2.05) is 13.0 Å². The van der Waals surface area contributed by atoms with E-state index in [0.29, 0.717) is 22.6 Å². The van der Waals surface area contributed by atoms with Crippen LogP contribution in [-0.4, -0.2) is 23.1 Å². The van der Waals surface area contributed by atoms with Crippen molar-refractivity contribution >= 4 is 5.71 Å². The summed E-state index contributed by atoms with van der Waals surface area (Å²) in [6, 6.07) is 12.3. The van der Waals surface area contributed by atoms with Crippen LogP contribution in [0.2, 0.25) is 0 Å². The molecular weight excluding hydrogens is 242 g/mol. The molecule has 0 heterocycles. The first kappa shape index (κ1) is 13.0. The zero-order valence-electron chi connectivity index (χ0n) is 10.8. The van der Waals surface area contributed by atoms with Gasteiger partial charge in [-0.1, -0.05) is 11.2 Å². The summed E-state index contributed by atoms with van der Waals surface area (Å²) in [6.45, 7) is 1.88. The zero-order valence-corrected chi connectivity index (χ0v) is 10.8. The normalized spacial score (nSPS) is 11.4. The van der Waals surface area contributed by atoms with Crippen LogP contribution in [0.5, 0.6) is 11.5 Å². The molecule has 2 N–H and O–H groups in total. The van der Waals surface area contributed by atoms with Gasteiger partial charge < -0.3 is 15.1 Å². The van der Waals surface area contributed by atoms with Gasteiger partial charge in [-0.3, -0.25) is 0 Å². The van der Waals surface area contributed by atoms with E-state index in [2.05, 4.69) is 5.16 Å². The third-order valence-electron chi connectivity index (χ3n) is 2.87. The Kier molecular flexibility index (Phi) is 3.71. The standard InChI is InChI=1S/C15H15NO3/c1-10-3-8-13(14(17)9-10)15(16-18)11-4-6-12(19-2)7-5-11/h3-9,17-18H,1-2H3. The van der Waals surface area contributed by atoms with E-state index in [1.165, 1.54) is 0 Å². The molecule has 0 aliphatic rings. The van der Waals surface area contributed by atoms with Crippen LogP contribution in [0.4, 0.5) is 0 Å². The van der Waals surface area contributed by atoms with Crippen molar-refractivity contribution in [2.75, 3.05) is 7.11 Å². The van der Waals surface area contributed by atoms with E-state index in [4.69, 9.17) is 4.74 Å². The minimum atomic E-state index is 0.0867. The molecule has 19 heavy (non-hydrogen) atoms. The smallest absolute Gasteiger partial charge is 0.125 e. The number of phenolic OH excluding ortho intramolecular Hbond substituents is 1. The number of oxime groups is 1. The Morgan fingerprint density at radius 3 is 2.32 bits per heavy atom. The lowest BCUT2D eigenvalue weighted by Crippen LogP contribution is -2.04. The van der Waals surface area contributed by atoms with Crippen molar-refractivity contribution in [3.63, 3.8) is 0 Å². The summed E-state index contributed by atoms with van der Waals surface area (Å²) in [5.74, 6) is 0.804. The van der Waals surface area contributed by atoms with Crippen molar-refractivity contribution < 1.29 is 15.1 Å². The van der Waals surface area contributed by atoms with Gasteiger partial charge in [-0.15, -0.1) is 0 Å². The van der Waals surface area contributed by atoms with E-state index >= 15 is 0 Å². The number of hydrogen-bond donors (Lipinski definition) is 2. The molecule has 0 radical (unpaired) electrons. The quantitative estimate of drug-likeness (QED) is 0.505. The lowest BCUT2D eigenvalue weighted by molar-refractivity contribution is 0.319. The van der Waals surface area contributed by atoms with Gasteiger partial charge in [0.25, 0.3) is 0 Å². The number of nitrogens with zero attached hydrogens (tertiary/aromatic N) is 1. The SMILES string of the molecule is COc1ccc(C(=NO)c2ccc(C)cc2O)cc1. The molecule has 0 aromatic heterocycles. The first-order chi connectivity index (χ1) is 9.15. The first-order valence-electron chi connectivity index (χ1n) is 5.82. The van der Waals surface area contributed by atoms with E-state index in [1.54, 1.807) is 43.5 Å². The van der Waals surface area contributed by atoms with Crippen LogP contribution < -0.4 is 4.74 Å². The summed E-state index contributed by atoms with van der Waals surface area (Å²) in [7, 11) is 1.59. The third kappa shape index (κ3) is 2.68. The van der Waals surface area contributed by atoms with Gasteiger partial charge >= 0.3 is 0 Å². The van der Waals surface area contributed by atoms with Gasteiger partial charge in [0.1, 0.15) is 17.2 Å². The number of aromatic hydroxyl groups is 1. The Hall–Kier alpha value is -2.49. The molecule has 2 aromatic rings. The van der Waals surface area contributed by atoms with Crippen LogP contribution >= 0.6 is 0 Å². The minimum Gasteiger partial charge on any atom is -0.507 e. The van der Waals surface area contributed by atoms with Gasteiger partial charge in [0, 0.05) is 11.1 Å². The van der Waals surface area contributed by atoms with Gasteiger partial charge in [-0.05, 0) is 48.9 Å². The van der Waals surface area contributed by atoms with Crippen molar-refractivity contribution in [3.05, 3.63) is 59.2 Å². The van der Waals surface area contributed by atoms with Gasteiger partial charge in [0.05, 0.1) is 7.11 Å². The molecule has 0 aliphatic heterocycles. The lowest BCUT2D eigenvalue weighted by Gasteiger charge is -2.08. The Labute approximate surface area is 111 Å². The zero-order chi connectivity index (χ0) is 13.8. The highest BCUT2D eigenvalue weighted by Gasteiger charge is 2.12. The van der Waals surface area contributed by atoms with Crippen molar-refractivity contribution in [3.8, 4) is 11.5 Å². The highest BCUT2D eigenvalue weighted by Crippen LogP contribution is 2.23. The molecule has 0 fully saturated rings. The average molecular weight is 257 g/mol. The maximum Gasteiger partial charge on any atom is 0.125 e. The topological polar surface area (TPSA) is 62.0 Å². The summed E-state index contributed by atoms with van der Waals surface area (Å²) >= 11 is 0. The number of methoxy groups -OCH3 is 1. The number of rotatable bonds is 3. The summed E-state index contributed by atoms with van der Waals surface area (Å²) in [5.41, 5.74) is 2.44. The van der Waals surface area contributed by atoms with E-state index in [9.17, 15) is 10.3 Å². The second-order valence-corrected chi connectivity index (χ2v) is 4.20. The maximum absolute atomic E-state index is 9.94. The second-order valence-electron chi connectivity index (χ2n) is 4.20. The molecule has 0 saturated heterocycles. The summed E-state index contributed by atoms with van der Waals surface area (Å²) in [6.07, 6.45) is 0. The van der Waals surface area contributed by atoms with Crippen LogP contribution in [0.25, 0.3) is 0 Å². The predicted octanol–water partition coefficient (Wildman–Crippen LogP) is 2.94. The molecule has 0 unspecified atom stereocenters. The third-order valence-corrected chi connectivity index (χ3v) is 2.87. The molecule has 0 saturated carbocycles. The van der Waals surface area contributed by atoms with Crippen molar-refractivity contribution in [2.24, 2.45) is 5.16 Å². The highest BCUT2D eigenvalue weighted by molar-refractivity contribution is 6.14. The van der Waals surface area contributed by atoms with Crippen LogP contribution in [-0.2, 0) is 0 Å². The fourth-order valence-electron chi connectivity index (χ4n) is 1.86. The number of hydrogen-bond acceptors (Lipinski definition) is 4. The number of aryl methyl sites for hydroxylation is 1. The minimum absolute atomic E-state index is 0.0867. The van der Waals surface area contributed by atoms with Crippen molar-refractivity contribution in [2.45, 2.75) is 6.92 Å². The molecule has 0 atom stereocenters. The summed E-state index contributed by atoms with van der Waals surface area (Å²) in [5, 5.41) is 22.4. The van der Waals surface area contributed by atoms with Gasteiger partial charge in [-0.2, -0.15) is 0 Å². The Morgan fingerprint density at radius 2 is 1.79 bits per heavy atom. The van der Waals surface area contributed by atoms with Crippen LogP contribution in [0, 0.1) is 6.92 Å². The van der Waals surface area contributed by atoms with E-state index < -0.39 is 0 Å². The molecule has 2 rings (SSSR count). The van der Waals surface area contributed by atoms with E-state index in [0.717, 1.165) is 5.56 Å². The van der Waals surface area contributed by atoms with Crippen LogP contribution in [0.3, 0.4) is 0 Å². The highest BCUT2D eigenvalue weighted by atomic mass is 16.5. The maximum atomic E-state index is 9.94. The Bertz CT molecular complexity index is 603. The fourth-order valence-corrected chi connectivity index (χ4v) is 1.86. The molecule has 0 amide bonds. The van der Waals surface area contributed by atoms with Crippen LogP contribution in [0.15, 0.2) is 47.6 Å². The average Bonchev–Trinajstić information content (AvgIpc) is 2.42. The molecule has 98 valence electrons. The van der Waals surface area contributed by atoms with Crippen molar-refractivity contribution in [1.82, 2.24) is 0 Å². The summed E-state index contributed by atoms with van der Waals surface area (Å²) < 4.78 is 5.08. The Balaban J connectivity index is 2.44. The van der Waals surface area contributed by atoms with Crippen LogP contribution in [0.1, 0.15) is 16.7 Å². The fraction of sp³-hybridized carbons (Fsp3) is 0.133. The number of benzene rings is 2. The predicted molar refractivity (Wildman–Crippen MR) is 73.3 cm³/mol.